The van der Waals surface area contributed by atoms with Gasteiger partial charge in [-0.25, -0.2) is 0 Å². The van der Waals surface area contributed by atoms with E-state index in [1.165, 1.54) is 0 Å². The number of hydrogen-bond donors (Lipinski definition) is 0. The number of hydrogen-bond acceptors (Lipinski definition) is 2. The Hall–Kier alpha value is -1.63. The highest BCUT2D eigenvalue weighted by Crippen LogP contribution is 2.20. The lowest BCUT2D eigenvalue weighted by Crippen LogP contribution is -2.00. The van der Waals surface area contributed by atoms with E-state index in [2.05, 4.69) is 0 Å². The molecule has 2 nitrogen and oxygen atoms in total. The highest BCUT2D eigenvalue weighted by atomic mass is 35.5. The van der Waals surface area contributed by atoms with E-state index in [1.807, 2.05) is 37.3 Å². The molecule has 0 aliphatic heterocycles. The molecule has 2 aromatic rings. The molecule has 0 radical (unpaired) electrons. The fraction of sp³-hybridized carbons (Fsp3) is 0.188. The van der Waals surface area contributed by atoms with Gasteiger partial charge in [0.2, 0.25) is 0 Å². The number of benzene rings is 2. The van der Waals surface area contributed by atoms with Crippen molar-refractivity contribution in [2.45, 2.75) is 18.4 Å². The van der Waals surface area contributed by atoms with Crippen LogP contribution in [0.25, 0.3) is 0 Å². The Balaban J connectivity index is 2.07. The molecule has 0 amide bonds. The van der Waals surface area contributed by atoms with Gasteiger partial charge in [-0.3, -0.25) is 4.21 Å². The third kappa shape index (κ3) is 3.93. The van der Waals surface area contributed by atoms with Crippen LogP contribution in [0.4, 0.5) is 0 Å². The van der Waals surface area contributed by atoms with Crippen LogP contribution in [0.1, 0.15) is 22.3 Å². The monoisotopic (exact) mass is 303 g/mol. The first-order valence-corrected chi connectivity index (χ1v) is 8.04. The predicted molar refractivity (Wildman–Crippen MR) is 82.9 cm³/mol. The van der Waals surface area contributed by atoms with Gasteiger partial charge in [-0.1, -0.05) is 47.5 Å². The minimum Gasteiger partial charge on any atom is -0.259 e. The molecule has 0 aliphatic carbocycles. The quantitative estimate of drug-likeness (QED) is 0.857. The molecule has 0 aromatic heterocycles. The van der Waals surface area contributed by atoms with Crippen molar-refractivity contribution in [2.75, 3.05) is 0 Å². The van der Waals surface area contributed by atoms with Crippen molar-refractivity contribution in [3.63, 3.8) is 0 Å². The average molecular weight is 304 g/mol. The van der Waals surface area contributed by atoms with Crippen LogP contribution >= 0.6 is 11.6 Å². The maximum absolute atomic E-state index is 12.2. The summed E-state index contributed by atoms with van der Waals surface area (Å²) < 4.78 is 12.2. The number of halogens is 1. The predicted octanol–water partition coefficient (Wildman–Crippen LogP) is 3.97. The highest BCUT2D eigenvalue weighted by molar-refractivity contribution is 7.83. The molecule has 0 spiro atoms. The summed E-state index contributed by atoms with van der Waals surface area (Å²) in [6, 6.07) is 15.1. The van der Waals surface area contributed by atoms with Crippen molar-refractivity contribution >= 4 is 22.4 Å². The average Bonchev–Trinajstić information content (AvgIpc) is 2.41. The molecule has 1 unspecified atom stereocenters. The van der Waals surface area contributed by atoms with E-state index < -0.39 is 10.8 Å². The molecule has 2 rings (SSSR count). The summed E-state index contributed by atoms with van der Waals surface area (Å²) in [4.78, 5) is 0. The first-order chi connectivity index (χ1) is 9.58. The summed E-state index contributed by atoms with van der Waals surface area (Å²) in [7, 11) is -1.02. The molecular weight excluding hydrogens is 290 g/mol. The first kappa shape index (κ1) is 14.8. The van der Waals surface area contributed by atoms with E-state index in [0.29, 0.717) is 22.1 Å². The van der Waals surface area contributed by atoms with Crippen molar-refractivity contribution in [1.82, 2.24) is 0 Å². The van der Waals surface area contributed by atoms with E-state index in [1.54, 1.807) is 18.2 Å². The van der Waals surface area contributed by atoms with Gasteiger partial charge in [0.25, 0.3) is 0 Å². The van der Waals surface area contributed by atoms with Crippen molar-refractivity contribution in [2.24, 2.45) is 0 Å². The van der Waals surface area contributed by atoms with Crippen LogP contribution in [0.15, 0.2) is 42.5 Å². The third-order valence-electron chi connectivity index (χ3n) is 2.91. The van der Waals surface area contributed by atoms with Crippen LogP contribution in [0, 0.1) is 18.3 Å². The van der Waals surface area contributed by atoms with E-state index >= 15 is 0 Å². The zero-order chi connectivity index (χ0) is 14.5. The molecule has 20 heavy (non-hydrogen) atoms. The minimum absolute atomic E-state index is 0.401. The summed E-state index contributed by atoms with van der Waals surface area (Å²) in [6.07, 6.45) is 0. The van der Waals surface area contributed by atoms with Gasteiger partial charge in [-0.05, 0) is 30.2 Å². The smallest absolute Gasteiger partial charge is 0.0992 e. The van der Waals surface area contributed by atoms with Gasteiger partial charge in [0.1, 0.15) is 0 Å². The molecule has 0 heterocycles. The van der Waals surface area contributed by atoms with Gasteiger partial charge in [-0.2, -0.15) is 5.26 Å². The molecule has 1 atom stereocenters. The molecule has 0 bridgehead atoms. The molecule has 0 saturated carbocycles. The Kier molecular flexibility index (Phi) is 4.94. The molecule has 0 N–H and O–H groups in total. The summed E-state index contributed by atoms with van der Waals surface area (Å²) >= 11 is 6.09. The van der Waals surface area contributed by atoms with Crippen molar-refractivity contribution in [3.8, 4) is 6.07 Å². The zero-order valence-electron chi connectivity index (χ0n) is 11.1. The SMILES string of the molecule is Cc1cccc(CS(=O)Cc2ccc(C#N)cc2Cl)c1. The van der Waals surface area contributed by atoms with Crippen LogP contribution in [-0.2, 0) is 22.3 Å². The van der Waals surface area contributed by atoms with Gasteiger partial charge in [-0.15, -0.1) is 0 Å². The Labute approximate surface area is 126 Å². The second-order valence-corrected chi connectivity index (χ2v) is 6.50. The van der Waals surface area contributed by atoms with Crippen molar-refractivity contribution in [3.05, 3.63) is 69.7 Å². The van der Waals surface area contributed by atoms with Crippen LogP contribution < -0.4 is 0 Å². The highest BCUT2D eigenvalue weighted by Gasteiger charge is 2.08. The normalized spacial score (nSPS) is 11.8. The van der Waals surface area contributed by atoms with E-state index in [-0.39, 0.29) is 0 Å². The molecule has 102 valence electrons. The summed E-state index contributed by atoms with van der Waals surface area (Å²) in [5.74, 6) is 0.913. The number of rotatable bonds is 4. The maximum atomic E-state index is 12.2. The fourth-order valence-corrected chi connectivity index (χ4v) is 3.52. The summed E-state index contributed by atoms with van der Waals surface area (Å²) in [5, 5.41) is 9.29. The van der Waals surface area contributed by atoms with Crippen molar-refractivity contribution in [1.29, 1.82) is 5.26 Å². The minimum atomic E-state index is -1.02. The standard InChI is InChI=1S/C16H14ClNOS/c1-12-3-2-4-14(7-12)10-20(19)11-15-6-5-13(9-18)8-16(15)17/h2-8H,10-11H2,1H3. The Morgan fingerprint density at radius 2 is 2.00 bits per heavy atom. The van der Waals surface area contributed by atoms with Gasteiger partial charge in [0, 0.05) is 21.6 Å². The third-order valence-corrected chi connectivity index (χ3v) is 4.55. The van der Waals surface area contributed by atoms with Crippen LogP contribution in [0.3, 0.4) is 0 Å². The second kappa shape index (κ2) is 6.69. The maximum Gasteiger partial charge on any atom is 0.0992 e. The fourth-order valence-electron chi connectivity index (χ4n) is 1.95. The largest absolute Gasteiger partial charge is 0.259 e. The Bertz CT molecular complexity index is 691. The molecule has 0 fully saturated rings. The molecular formula is C16H14ClNOS. The Morgan fingerprint density at radius 3 is 2.65 bits per heavy atom. The molecule has 0 saturated heterocycles. The van der Waals surface area contributed by atoms with Gasteiger partial charge in [0.05, 0.1) is 17.4 Å². The molecule has 0 aliphatic rings. The molecule has 4 heteroatoms. The Morgan fingerprint density at radius 1 is 1.20 bits per heavy atom. The topological polar surface area (TPSA) is 40.9 Å². The number of nitriles is 1. The van der Waals surface area contributed by atoms with Crippen LogP contribution in [0.2, 0.25) is 5.02 Å². The molecule has 2 aromatic carbocycles. The number of aryl methyl sites for hydroxylation is 1. The van der Waals surface area contributed by atoms with Gasteiger partial charge < -0.3 is 0 Å². The van der Waals surface area contributed by atoms with Crippen LogP contribution in [0.5, 0.6) is 0 Å². The van der Waals surface area contributed by atoms with Gasteiger partial charge in [0.15, 0.2) is 0 Å². The second-order valence-electron chi connectivity index (χ2n) is 4.64. The lowest BCUT2D eigenvalue weighted by atomic mass is 10.2. The van der Waals surface area contributed by atoms with E-state index in [4.69, 9.17) is 16.9 Å². The lowest BCUT2D eigenvalue weighted by molar-refractivity contribution is 0.682. The summed E-state index contributed by atoms with van der Waals surface area (Å²) in [5.41, 5.74) is 3.56. The number of nitrogens with zero attached hydrogens (tertiary/aromatic N) is 1. The van der Waals surface area contributed by atoms with E-state index in [9.17, 15) is 4.21 Å². The van der Waals surface area contributed by atoms with Crippen molar-refractivity contribution < 1.29 is 4.21 Å². The van der Waals surface area contributed by atoms with Gasteiger partial charge >= 0.3 is 0 Å². The summed E-state index contributed by atoms with van der Waals surface area (Å²) in [6.45, 7) is 2.02. The van der Waals surface area contributed by atoms with E-state index in [0.717, 1.165) is 16.7 Å². The van der Waals surface area contributed by atoms with Crippen LogP contribution in [-0.4, -0.2) is 4.21 Å². The first-order valence-electron chi connectivity index (χ1n) is 6.17. The lowest BCUT2D eigenvalue weighted by Gasteiger charge is -2.06. The zero-order valence-corrected chi connectivity index (χ0v) is 12.7.